The molecule has 1 atom stereocenters. The molecule has 31 heavy (non-hydrogen) atoms. The Labute approximate surface area is 184 Å². The van der Waals surface area contributed by atoms with E-state index in [1.165, 1.54) is 11.3 Å². The Kier molecular flexibility index (Phi) is 5.29. The minimum atomic E-state index is -0.107. The van der Waals surface area contributed by atoms with Gasteiger partial charge in [0.1, 0.15) is 5.75 Å². The summed E-state index contributed by atoms with van der Waals surface area (Å²) in [4.78, 5) is 25.0. The summed E-state index contributed by atoms with van der Waals surface area (Å²) in [5.74, 6) is 0.628. The van der Waals surface area contributed by atoms with Crippen LogP contribution in [0.1, 0.15) is 28.9 Å². The number of hydrogen-bond acceptors (Lipinski definition) is 6. The molecule has 1 unspecified atom stereocenters. The Balaban J connectivity index is 1.57. The molecule has 1 saturated heterocycles. The third-order valence-electron chi connectivity index (χ3n) is 5.61. The van der Waals surface area contributed by atoms with E-state index >= 15 is 0 Å². The van der Waals surface area contributed by atoms with Crippen LogP contribution in [0.5, 0.6) is 5.75 Å². The highest BCUT2D eigenvalue weighted by Crippen LogP contribution is 2.32. The Hall–Kier alpha value is -3.03. The van der Waals surface area contributed by atoms with E-state index in [1.807, 2.05) is 55.5 Å². The van der Waals surface area contributed by atoms with Crippen molar-refractivity contribution >= 4 is 43.5 Å². The molecule has 0 radical (unpaired) electrons. The molecule has 2 aromatic carbocycles. The Morgan fingerprint density at radius 3 is 2.84 bits per heavy atom. The van der Waals surface area contributed by atoms with Crippen molar-refractivity contribution in [3.63, 3.8) is 0 Å². The number of nitrogens with zero attached hydrogens (tertiary/aromatic N) is 3. The van der Waals surface area contributed by atoms with Crippen molar-refractivity contribution < 1.29 is 14.3 Å². The average molecular weight is 434 g/mol. The second-order valence-corrected chi connectivity index (χ2v) is 8.70. The highest BCUT2D eigenvalue weighted by atomic mass is 32.1. The van der Waals surface area contributed by atoms with Gasteiger partial charge in [-0.1, -0.05) is 23.5 Å². The summed E-state index contributed by atoms with van der Waals surface area (Å²) in [6.07, 6.45) is 1.98. The first-order valence-corrected chi connectivity index (χ1v) is 11.2. The van der Waals surface area contributed by atoms with Crippen LogP contribution >= 0.6 is 11.3 Å². The van der Waals surface area contributed by atoms with Crippen molar-refractivity contribution in [2.45, 2.75) is 25.9 Å². The van der Waals surface area contributed by atoms with Crippen LogP contribution in [-0.4, -0.2) is 42.2 Å². The maximum atomic E-state index is 13.8. The van der Waals surface area contributed by atoms with Crippen LogP contribution in [0.15, 0.2) is 48.5 Å². The zero-order valence-electron chi connectivity index (χ0n) is 17.5. The standard InChI is InChI=1S/C24H23N3O3S/c1-15-19(13-16-12-17(29-2)9-10-20(16)25-15)23(28)27(14-18-6-5-11-30-18)24-26-21-7-3-4-8-22(21)31-24/h3-4,7-10,12-13,18H,5-6,11,14H2,1-2H3. The number of carbonyl (C=O) groups is 1. The summed E-state index contributed by atoms with van der Waals surface area (Å²) in [6, 6.07) is 15.5. The molecule has 5 rings (SSSR count). The topological polar surface area (TPSA) is 64.5 Å². The molecule has 1 amide bonds. The van der Waals surface area contributed by atoms with Crippen LogP contribution in [0, 0.1) is 6.92 Å². The number of aryl methyl sites for hydroxylation is 1. The minimum Gasteiger partial charge on any atom is -0.497 e. The van der Waals surface area contributed by atoms with Gasteiger partial charge in [-0.2, -0.15) is 0 Å². The lowest BCUT2D eigenvalue weighted by atomic mass is 10.1. The first-order chi connectivity index (χ1) is 15.1. The highest BCUT2D eigenvalue weighted by Gasteiger charge is 2.28. The third kappa shape index (κ3) is 3.86. The predicted molar refractivity (Wildman–Crippen MR) is 123 cm³/mol. The first-order valence-electron chi connectivity index (χ1n) is 10.4. The number of thiazole rings is 1. The fourth-order valence-corrected chi connectivity index (χ4v) is 4.93. The molecule has 0 spiro atoms. The normalized spacial score (nSPS) is 16.1. The van der Waals surface area contributed by atoms with Crippen molar-refractivity contribution in [2.24, 2.45) is 0 Å². The Morgan fingerprint density at radius 2 is 2.06 bits per heavy atom. The molecular formula is C24H23N3O3S. The van der Waals surface area contributed by atoms with Crippen molar-refractivity contribution in [1.82, 2.24) is 9.97 Å². The van der Waals surface area contributed by atoms with Crippen molar-refractivity contribution in [3.8, 4) is 5.75 Å². The number of fused-ring (bicyclic) bond motifs is 2. The summed E-state index contributed by atoms with van der Waals surface area (Å²) in [7, 11) is 1.63. The number of aromatic nitrogens is 2. The van der Waals surface area contributed by atoms with Gasteiger partial charge < -0.3 is 9.47 Å². The second-order valence-electron chi connectivity index (χ2n) is 7.69. The van der Waals surface area contributed by atoms with Crippen LogP contribution in [0.25, 0.3) is 21.1 Å². The van der Waals surface area contributed by atoms with E-state index in [2.05, 4.69) is 4.98 Å². The highest BCUT2D eigenvalue weighted by molar-refractivity contribution is 7.22. The fraction of sp³-hybridized carbons (Fsp3) is 0.292. The SMILES string of the molecule is COc1ccc2nc(C)c(C(=O)N(CC3CCCO3)c3nc4ccccc4s3)cc2c1. The van der Waals surface area contributed by atoms with Crippen molar-refractivity contribution in [2.75, 3.05) is 25.2 Å². The van der Waals surface area contributed by atoms with Gasteiger partial charge in [-0.3, -0.25) is 14.7 Å². The number of carbonyl (C=O) groups excluding carboxylic acids is 1. The molecule has 1 aliphatic rings. The molecule has 158 valence electrons. The maximum absolute atomic E-state index is 13.8. The molecule has 7 heteroatoms. The van der Waals surface area contributed by atoms with Crippen molar-refractivity contribution in [1.29, 1.82) is 0 Å². The van der Waals surface area contributed by atoms with Crippen LogP contribution in [0.4, 0.5) is 5.13 Å². The summed E-state index contributed by atoms with van der Waals surface area (Å²) in [5, 5.41) is 1.56. The molecule has 0 saturated carbocycles. The van der Waals surface area contributed by atoms with Gasteiger partial charge in [0.15, 0.2) is 5.13 Å². The number of pyridine rings is 1. The van der Waals surface area contributed by atoms with Gasteiger partial charge in [0.05, 0.1) is 46.7 Å². The summed E-state index contributed by atoms with van der Waals surface area (Å²) >= 11 is 1.53. The average Bonchev–Trinajstić information content (AvgIpc) is 3.45. The number of ether oxygens (including phenoxy) is 2. The van der Waals surface area contributed by atoms with Crippen LogP contribution in [0.2, 0.25) is 0 Å². The number of rotatable bonds is 5. The molecule has 3 heterocycles. The van der Waals surface area contributed by atoms with Crippen LogP contribution < -0.4 is 9.64 Å². The van der Waals surface area contributed by atoms with Gasteiger partial charge >= 0.3 is 0 Å². The second kappa shape index (κ2) is 8.24. The van der Waals surface area contributed by atoms with Crippen molar-refractivity contribution in [3.05, 3.63) is 59.8 Å². The van der Waals surface area contributed by atoms with Gasteiger partial charge in [0, 0.05) is 12.0 Å². The maximum Gasteiger partial charge on any atom is 0.262 e. The smallest absolute Gasteiger partial charge is 0.262 e. The van der Waals surface area contributed by atoms with Crippen LogP contribution in [-0.2, 0) is 4.74 Å². The molecule has 4 aromatic rings. The van der Waals surface area contributed by atoms with Gasteiger partial charge in [-0.25, -0.2) is 4.98 Å². The van der Waals surface area contributed by atoms with E-state index in [4.69, 9.17) is 14.5 Å². The molecule has 1 fully saturated rings. The van der Waals surface area contributed by atoms with E-state index < -0.39 is 0 Å². The minimum absolute atomic E-state index is 0.0183. The Bertz CT molecular complexity index is 1230. The summed E-state index contributed by atoms with van der Waals surface area (Å²) < 4.78 is 12.2. The van der Waals surface area contributed by atoms with Gasteiger partial charge in [0.2, 0.25) is 0 Å². The van der Waals surface area contributed by atoms with E-state index in [9.17, 15) is 4.79 Å². The molecule has 0 aliphatic carbocycles. The largest absolute Gasteiger partial charge is 0.497 e. The molecule has 2 aromatic heterocycles. The molecule has 0 bridgehead atoms. The molecule has 1 aliphatic heterocycles. The zero-order valence-corrected chi connectivity index (χ0v) is 18.3. The van der Waals surface area contributed by atoms with E-state index in [1.54, 1.807) is 12.0 Å². The first kappa shape index (κ1) is 19.9. The lowest BCUT2D eigenvalue weighted by Crippen LogP contribution is -2.38. The fourth-order valence-electron chi connectivity index (χ4n) is 3.96. The molecule has 6 nitrogen and oxygen atoms in total. The third-order valence-corrected chi connectivity index (χ3v) is 6.67. The lowest BCUT2D eigenvalue weighted by Gasteiger charge is -2.23. The van der Waals surface area contributed by atoms with Gasteiger partial charge in [-0.05, 0) is 56.2 Å². The zero-order chi connectivity index (χ0) is 21.4. The summed E-state index contributed by atoms with van der Waals surface area (Å²) in [5.41, 5.74) is 2.99. The number of anilines is 1. The lowest BCUT2D eigenvalue weighted by molar-refractivity contribution is 0.0916. The van der Waals surface area contributed by atoms with Gasteiger partial charge in [0.25, 0.3) is 5.91 Å². The van der Waals surface area contributed by atoms with Crippen LogP contribution in [0.3, 0.4) is 0 Å². The Morgan fingerprint density at radius 1 is 1.19 bits per heavy atom. The van der Waals surface area contributed by atoms with Gasteiger partial charge in [-0.15, -0.1) is 0 Å². The van der Waals surface area contributed by atoms with E-state index in [0.717, 1.165) is 46.3 Å². The van der Waals surface area contributed by atoms with E-state index in [-0.39, 0.29) is 12.0 Å². The molecular weight excluding hydrogens is 410 g/mol. The number of benzene rings is 2. The number of hydrogen-bond donors (Lipinski definition) is 0. The van der Waals surface area contributed by atoms with E-state index in [0.29, 0.717) is 22.9 Å². The quantitative estimate of drug-likeness (QED) is 0.444. The number of amides is 1. The molecule has 0 N–H and O–H groups in total. The summed E-state index contributed by atoms with van der Waals surface area (Å²) in [6.45, 7) is 3.09. The monoisotopic (exact) mass is 433 g/mol. The number of methoxy groups -OCH3 is 1. The number of para-hydroxylation sites is 1. The predicted octanol–water partition coefficient (Wildman–Crippen LogP) is 4.99.